The lowest BCUT2D eigenvalue weighted by Crippen LogP contribution is -2.42. The van der Waals surface area contributed by atoms with Crippen LogP contribution in [0.4, 0.5) is 5.69 Å². The van der Waals surface area contributed by atoms with Crippen LogP contribution in [0.2, 0.25) is 0 Å². The predicted molar refractivity (Wildman–Crippen MR) is 117 cm³/mol. The SMILES string of the molecule is Cc1ccccc1OCCN1C(=O)C(O)(c2c[nH]c3ccccc23)c2ccccc21. The first-order valence-electron chi connectivity index (χ1n) is 9.99. The third-order valence-corrected chi connectivity index (χ3v) is 5.78. The van der Waals surface area contributed by atoms with Gasteiger partial charge in [0.25, 0.3) is 5.91 Å². The Labute approximate surface area is 174 Å². The van der Waals surface area contributed by atoms with Crippen LogP contribution in [0.5, 0.6) is 5.75 Å². The number of ether oxygens (including phenoxy) is 1. The van der Waals surface area contributed by atoms with Gasteiger partial charge < -0.3 is 19.7 Å². The second kappa shape index (κ2) is 7.04. The van der Waals surface area contributed by atoms with Crippen LogP contribution >= 0.6 is 0 Å². The highest BCUT2D eigenvalue weighted by atomic mass is 16.5. The summed E-state index contributed by atoms with van der Waals surface area (Å²) in [6.45, 7) is 2.66. The van der Waals surface area contributed by atoms with E-state index in [1.807, 2.05) is 79.7 Å². The van der Waals surface area contributed by atoms with Gasteiger partial charge in [-0.1, -0.05) is 54.6 Å². The Morgan fingerprint density at radius 1 is 0.967 bits per heavy atom. The Morgan fingerprint density at radius 2 is 1.70 bits per heavy atom. The molecule has 5 rings (SSSR count). The first kappa shape index (κ1) is 18.5. The van der Waals surface area contributed by atoms with E-state index in [1.54, 1.807) is 11.1 Å². The lowest BCUT2D eigenvalue weighted by atomic mass is 9.87. The van der Waals surface area contributed by atoms with Crippen molar-refractivity contribution in [3.63, 3.8) is 0 Å². The van der Waals surface area contributed by atoms with Crippen molar-refractivity contribution in [1.29, 1.82) is 0 Å². The van der Waals surface area contributed by atoms with Crippen molar-refractivity contribution in [3.8, 4) is 5.75 Å². The minimum Gasteiger partial charge on any atom is -0.491 e. The van der Waals surface area contributed by atoms with Crippen molar-refractivity contribution in [3.05, 3.63) is 95.7 Å². The van der Waals surface area contributed by atoms with Crippen molar-refractivity contribution >= 4 is 22.5 Å². The lowest BCUT2D eigenvalue weighted by molar-refractivity contribution is -0.132. The third kappa shape index (κ3) is 2.70. The largest absolute Gasteiger partial charge is 0.491 e. The van der Waals surface area contributed by atoms with Gasteiger partial charge in [0, 0.05) is 28.2 Å². The van der Waals surface area contributed by atoms with Crippen LogP contribution in [-0.4, -0.2) is 29.1 Å². The topological polar surface area (TPSA) is 65.6 Å². The van der Waals surface area contributed by atoms with E-state index in [4.69, 9.17) is 4.74 Å². The molecule has 4 aromatic rings. The summed E-state index contributed by atoms with van der Waals surface area (Å²) in [5, 5.41) is 12.6. The van der Waals surface area contributed by atoms with Crippen LogP contribution in [0, 0.1) is 6.92 Å². The number of hydrogen-bond donors (Lipinski definition) is 2. The molecule has 30 heavy (non-hydrogen) atoms. The number of amides is 1. The fourth-order valence-electron chi connectivity index (χ4n) is 4.25. The van der Waals surface area contributed by atoms with Crippen LogP contribution in [-0.2, 0) is 10.4 Å². The second-order valence-corrected chi connectivity index (χ2v) is 7.55. The molecule has 5 heteroatoms. The van der Waals surface area contributed by atoms with Crippen molar-refractivity contribution in [2.45, 2.75) is 12.5 Å². The lowest BCUT2D eigenvalue weighted by Gasteiger charge is -2.23. The second-order valence-electron chi connectivity index (χ2n) is 7.55. The molecule has 2 heterocycles. The molecule has 0 aliphatic carbocycles. The van der Waals surface area contributed by atoms with Gasteiger partial charge in [-0.15, -0.1) is 0 Å². The van der Waals surface area contributed by atoms with Crippen LogP contribution in [0.1, 0.15) is 16.7 Å². The zero-order valence-corrected chi connectivity index (χ0v) is 16.6. The molecule has 1 amide bonds. The maximum Gasteiger partial charge on any atom is 0.268 e. The van der Waals surface area contributed by atoms with Gasteiger partial charge in [-0.25, -0.2) is 0 Å². The van der Waals surface area contributed by atoms with E-state index in [2.05, 4.69) is 4.98 Å². The third-order valence-electron chi connectivity index (χ3n) is 5.78. The highest BCUT2D eigenvalue weighted by Gasteiger charge is 2.51. The minimum atomic E-state index is -1.74. The summed E-state index contributed by atoms with van der Waals surface area (Å²) in [7, 11) is 0. The van der Waals surface area contributed by atoms with E-state index in [0.717, 1.165) is 22.2 Å². The monoisotopic (exact) mass is 398 g/mol. The fourth-order valence-corrected chi connectivity index (χ4v) is 4.25. The van der Waals surface area contributed by atoms with E-state index in [9.17, 15) is 9.90 Å². The molecule has 0 radical (unpaired) electrons. The van der Waals surface area contributed by atoms with Gasteiger partial charge in [0.05, 0.1) is 12.2 Å². The normalized spacial score (nSPS) is 18.1. The summed E-state index contributed by atoms with van der Waals surface area (Å²) in [6, 6.07) is 22.9. The molecule has 5 nitrogen and oxygen atoms in total. The number of aromatic nitrogens is 1. The standard InChI is InChI=1S/C25H22N2O3/c1-17-8-2-7-13-23(17)30-15-14-27-22-12-6-4-10-19(22)25(29,24(27)28)20-16-26-21-11-5-3-9-18(20)21/h2-13,16,26,29H,14-15H2,1H3. The number of para-hydroxylation sites is 3. The first-order chi connectivity index (χ1) is 14.6. The van der Waals surface area contributed by atoms with Gasteiger partial charge in [-0.05, 0) is 30.7 Å². The number of nitrogens with one attached hydrogen (secondary N) is 1. The summed E-state index contributed by atoms with van der Waals surface area (Å²) in [5.74, 6) is 0.436. The number of fused-ring (bicyclic) bond motifs is 2. The summed E-state index contributed by atoms with van der Waals surface area (Å²) >= 11 is 0. The highest BCUT2D eigenvalue weighted by Crippen LogP contribution is 2.46. The quantitative estimate of drug-likeness (QED) is 0.531. The molecule has 1 atom stereocenters. The maximum atomic E-state index is 13.5. The summed E-state index contributed by atoms with van der Waals surface area (Å²) in [4.78, 5) is 18.3. The van der Waals surface area contributed by atoms with Crippen LogP contribution in [0.25, 0.3) is 10.9 Å². The Morgan fingerprint density at radius 3 is 2.57 bits per heavy atom. The molecule has 0 saturated carbocycles. The molecule has 1 aliphatic rings. The zero-order chi connectivity index (χ0) is 20.7. The summed E-state index contributed by atoms with van der Waals surface area (Å²) < 4.78 is 5.91. The fraction of sp³-hybridized carbons (Fsp3) is 0.160. The zero-order valence-electron chi connectivity index (χ0n) is 16.6. The number of H-pyrrole nitrogens is 1. The van der Waals surface area contributed by atoms with Crippen LogP contribution in [0.15, 0.2) is 79.0 Å². The number of nitrogens with zero attached hydrogens (tertiary/aromatic N) is 1. The Hall–Kier alpha value is -3.57. The number of carbonyl (C=O) groups is 1. The Kier molecular flexibility index (Phi) is 4.33. The number of aromatic amines is 1. The van der Waals surface area contributed by atoms with Crippen molar-refractivity contribution in [2.75, 3.05) is 18.1 Å². The molecule has 1 aliphatic heterocycles. The molecule has 0 bridgehead atoms. The molecule has 0 fully saturated rings. The maximum absolute atomic E-state index is 13.5. The number of anilines is 1. The average molecular weight is 398 g/mol. The molecule has 1 aromatic heterocycles. The number of benzene rings is 3. The molecule has 0 saturated heterocycles. The number of aliphatic hydroxyl groups is 1. The summed E-state index contributed by atoms with van der Waals surface area (Å²) in [6.07, 6.45) is 1.73. The summed E-state index contributed by atoms with van der Waals surface area (Å²) in [5.41, 5.74) is 2.06. The Balaban J connectivity index is 1.49. The van der Waals surface area contributed by atoms with Gasteiger partial charge in [-0.3, -0.25) is 4.79 Å². The number of rotatable bonds is 5. The van der Waals surface area contributed by atoms with Gasteiger partial charge in [0.15, 0.2) is 5.60 Å². The first-order valence-corrected chi connectivity index (χ1v) is 9.99. The molecular formula is C25H22N2O3. The molecular weight excluding hydrogens is 376 g/mol. The van der Waals surface area contributed by atoms with Crippen LogP contribution < -0.4 is 9.64 Å². The van der Waals surface area contributed by atoms with Gasteiger partial charge >= 0.3 is 0 Å². The average Bonchev–Trinajstić information content (AvgIpc) is 3.29. The molecule has 150 valence electrons. The Bertz CT molecular complexity index is 1250. The molecule has 0 spiro atoms. The predicted octanol–water partition coefficient (Wildman–Crippen LogP) is 4.14. The highest BCUT2D eigenvalue weighted by molar-refractivity contribution is 6.11. The van der Waals surface area contributed by atoms with Crippen molar-refractivity contribution in [1.82, 2.24) is 4.98 Å². The number of hydrogen-bond acceptors (Lipinski definition) is 3. The van der Waals surface area contributed by atoms with Gasteiger partial charge in [-0.2, -0.15) is 0 Å². The molecule has 2 N–H and O–H groups in total. The van der Waals surface area contributed by atoms with E-state index in [0.29, 0.717) is 30.0 Å². The van der Waals surface area contributed by atoms with Crippen LogP contribution in [0.3, 0.4) is 0 Å². The number of aryl methyl sites for hydroxylation is 1. The minimum absolute atomic E-state index is 0.328. The van der Waals surface area contributed by atoms with Gasteiger partial charge in [0.1, 0.15) is 12.4 Å². The van der Waals surface area contributed by atoms with Crippen molar-refractivity contribution in [2.24, 2.45) is 0 Å². The van der Waals surface area contributed by atoms with E-state index in [1.165, 1.54) is 0 Å². The molecule has 3 aromatic carbocycles. The van der Waals surface area contributed by atoms with E-state index in [-0.39, 0.29) is 5.91 Å². The van der Waals surface area contributed by atoms with Crippen molar-refractivity contribution < 1.29 is 14.6 Å². The van der Waals surface area contributed by atoms with E-state index >= 15 is 0 Å². The van der Waals surface area contributed by atoms with E-state index < -0.39 is 5.60 Å². The van der Waals surface area contributed by atoms with Gasteiger partial charge in [0.2, 0.25) is 0 Å². The molecule has 1 unspecified atom stereocenters. The smallest absolute Gasteiger partial charge is 0.268 e. The number of carbonyl (C=O) groups excluding carboxylic acids is 1.